The molecule has 4 rings (SSSR count). The van der Waals surface area contributed by atoms with Crippen molar-refractivity contribution in [3.8, 4) is 0 Å². The third-order valence-electron chi connectivity index (χ3n) is 5.71. The zero-order valence-electron chi connectivity index (χ0n) is 17.2. The average molecular weight is 493 g/mol. The Morgan fingerprint density at radius 2 is 1.61 bits per heavy atom. The summed E-state index contributed by atoms with van der Waals surface area (Å²) in [6.45, 7) is -0.569. The number of carbonyl (C=O) groups is 4. The number of rotatable bonds is 5. The molecule has 1 N–H and O–H groups in total. The predicted octanol–water partition coefficient (Wildman–Crippen LogP) is 3.74. The van der Waals surface area contributed by atoms with Crippen LogP contribution in [0.1, 0.15) is 23.2 Å². The van der Waals surface area contributed by atoms with Crippen LogP contribution in [0.3, 0.4) is 0 Å². The van der Waals surface area contributed by atoms with Crippen LogP contribution in [0, 0.1) is 17.7 Å². The highest BCUT2D eigenvalue weighted by Gasteiger charge is 2.52. The molecule has 2 aliphatic rings. The van der Waals surface area contributed by atoms with E-state index in [4.69, 9.17) is 27.9 Å². The van der Waals surface area contributed by atoms with Crippen LogP contribution in [0.4, 0.5) is 15.8 Å². The van der Waals surface area contributed by atoms with E-state index >= 15 is 0 Å². The van der Waals surface area contributed by atoms with Gasteiger partial charge in [0.1, 0.15) is 5.82 Å². The monoisotopic (exact) mass is 492 g/mol. The van der Waals surface area contributed by atoms with E-state index in [0.29, 0.717) is 18.5 Å². The third-order valence-corrected chi connectivity index (χ3v) is 6.81. The predicted molar refractivity (Wildman–Crippen MR) is 120 cm³/mol. The average Bonchev–Trinajstić information content (AvgIpc) is 3.03. The summed E-state index contributed by atoms with van der Waals surface area (Å²) in [6.07, 6.45) is 0.624. The minimum Gasteiger partial charge on any atom is -0.452 e. The maximum absolute atomic E-state index is 12.9. The van der Waals surface area contributed by atoms with Crippen LogP contribution in [0.2, 0.25) is 0 Å². The van der Waals surface area contributed by atoms with Gasteiger partial charge in [-0.25, -0.2) is 9.18 Å². The standard InChI is InChI=1S/C23H19Cl2FN2O5/c24-18-9-16-17(10-19(18)25)22(31)28(21(16)30)15-3-1-2-12(8-15)23(32)33-11-20(29)27-14-6-4-13(26)5-7-14/h1-8,16-19H,9-11H2,(H,27,29)/t16-,17+,18+,19-. The molecular weight excluding hydrogens is 474 g/mol. The number of halogens is 3. The Kier molecular flexibility index (Phi) is 6.67. The van der Waals surface area contributed by atoms with Crippen LogP contribution in [0.15, 0.2) is 48.5 Å². The van der Waals surface area contributed by atoms with E-state index in [0.717, 1.165) is 4.90 Å². The summed E-state index contributed by atoms with van der Waals surface area (Å²) in [5, 5.41) is 1.68. The summed E-state index contributed by atoms with van der Waals surface area (Å²) < 4.78 is 18.0. The van der Waals surface area contributed by atoms with E-state index in [9.17, 15) is 23.6 Å². The van der Waals surface area contributed by atoms with Crippen LogP contribution < -0.4 is 10.2 Å². The van der Waals surface area contributed by atoms with Crippen molar-refractivity contribution in [3.63, 3.8) is 0 Å². The smallest absolute Gasteiger partial charge is 0.338 e. The van der Waals surface area contributed by atoms with Crippen molar-refractivity contribution in [1.29, 1.82) is 0 Å². The Balaban J connectivity index is 1.41. The number of alkyl halides is 2. The molecule has 7 nitrogen and oxygen atoms in total. The number of fused-ring (bicyclic) bond motifs is 1. The molecule has 2 aromatic carbocycles. The largest absolute Gasteiger partial charge is 0.452 e. The number of hydrogen-bond donors (Lipinski definition) is 1. The van der Waals surface area contributed by atoms with Gasteiger partial charge in [-0.15, -0.1) is 23.2 Å². The topological polar surface area (TPSA) is 92.8 Å². The maximum Gasteiger partial charge on any atom is 0.338 e. The van der Waals surface area contributed by atoms with Gasteiger partial charge in [-0.3, -0.25) is 19.3 Å². The van der Waals surface area contributed by atoms with E-state index in [1.54, 1.807) is 6.07 Å². The summed E-state index contributed by atoms with van der Waals surface area (Å²) in [5.74, 6) is -3.68. The molecule has 2 aromatic rings. The van der Waals surface area contributed by atoms with E-state index in [-0.39, 0.29) is 23.1 Å². The molecule has 2 fully saturated rings. The summed E-state index contributed by atoms with van der Waals surface area (Å²) in [5.41, 5.74) is 0.662. The van der Waals surface area contributed by atoms with Crippen LogP contribution >= 0.6 is 23.2 Å². The highest BCUT2D eigenvalue weighted by Crippen LogP contribution is 2.43. The Labute approximate surface area is 198 Å². The molecule has 172 valence electrons. The fourth-order valence-corrected chi connectivity index (χ4v) is 4.66. The van der Waals surface area contributed by atoms with Crippen molar-refractivity contribution in [2.75, 3.05) is 16.8 Å². The van der Waals surface area contributed by atoms with Crippen molar-refractivity contribution >= 4 is 58.3 Å². The Hall–Kier alpha value is -2.97. The molecule has 33 heavy (non-hydrogen) atoms. The van der Waals surface area contributed by atoms with Gasteiger partial charge in [0.15, 0.2) is 6.61 Å². The van der Waals surface area contributed by atoms with Gasteiger partial charge in [-0.2, -0.15) is 0 Å². The first-order valence-electron chi connectivity index (χ1n) is 10.2. The van der Waals surface area contributed by atoms with Crippen molar-refractivity contribution in [3.05, 3.63) is 59.9 Å². The molecule has 0 spiro atoms. The van der Waals surface area contributed by atoms with Gasteiger partial charge in [0.25, 0.3) is 5.91 Å². The zero-order valence-corrected chi connectivity index (χ0v) is 18.7. The number of anilines is 2. The van der Waals surface area contributed by atoms with Gasteiger partial charge in [0.05, 0.1) is 33.8 Å². The number of hydrogen-bond acceptors (Lipinski definition) is 5. The molecule has 1 saturated carbocycles. The number of ether oxygens (including phenoxy) is 1. The zero-order chi connectivity index (χ0) is 23.7. The quantitative estimate of drug-likeness (QED) is 0.389. The van der Waals surface area contributed by atoms with Gasteiger partial charge in [0.2, 0.25) is 11.8 Å². The van der Waals surface area contributed by atoms with Crippen LogP contribution in [0.25, 0.3) is 0 Å². The summed E-state index contributed by atoms with van der Waals surface area (Å²) in [6, 6.07) is 11.0. The second-order valence-corrected chi connectivity index (χ2v) is 9.03. The first-order valence-corrected chi connectivity index (χ1v) is 11.1. The van der Waals surface area contributed by atoms with Gasteiger partial charge in [-0.05, 0) is 55.3 Å². The fourth-order valence-electron chi connectivity index (χ4n) is 4.07. The number of carbonyl (C=O) groups excluding carboxylic acids is 4. The Morgan fingerprint density at radius 3 is 2.21 bits per heavy atom. The molecular formula is C23H19Cl2FN2O5. The lowest BCUT2D eigenvalue weighted by molar-refractivity contribution is -0.122. The lowest BCUT2D eigenvalue weighted by Gasteiger charge is -2.28. The molecule has 0 unspecified atom stereocenters. The summed E-state index contributed by atoms with van der Waals surface area (Å²) in [4.78, 5) is 51.3. The normalized spacial score (nSPS) is 24.4. The van der Waals surface area contributed by atoms with E-state index in [1.165, 1.54) is 42.5 Å². The minimum absolute atomic E-state index is 0.0722. The lowest BCUT2D eigenvalue weighted by atomic mass is 9.80. The first-order chi connectivity index (χ1) is 15.7. The number of nitrogens with zero attached hydrogens (tertiary/aromatic N) is 1. The van der Waals surface area contributed by atoms with Gasteiger partial charge >= 0.3 is 5.97 Å². The van der Waals surface area contributed by atoms with E-state index in [2.05, 4.69) is 5.32 Å². The number of esters is 1. The van der Waals surface area contributed by atoms with Crippen molar-refractivity contribution in [2.24, 2.45) is 11.8 Å². The molecule has 10 heteroatoms. The fraction of sp³-hybridized carbons (Fsp3) is 0.304. The molecule has 1 aliphatic heterocycles. The van der Waals surface area contributed by atoms with Crippen molar-refractivity contribution in [1.82, 2.24) is 0 Å². The second-order valence-electron chi connectivity index (χ2n) is 7.91. The molecule has 0 bridgehead atoms. The van der Waals surface area contributed by atoms with Gasteiger partial charge in [0, 0.05) is 5.69 Å². The van der Waals surface area contributed by atoms with Crippen LogP contribution in [0.5, 0.6) is 0 Å². The van der Waals surface area contributed by atoms with E-state index in [1.807, 2.05) is 0 Å². The maximum atomic E-state index is 12.9. The minimum atomic E-state index is -0.802. The van der Waals surface area contributed by atoms with Gasteiger partial charge < -0.3 is 10.1 Å². The highest BCUT2D eigenvalue weighted by molar-refractivity contribution is 6.31. The second kappa shape index (κ2) is 9.49. The summed E-state index contributed by atoms with van der Waals surface area (Å²) in [7, 11) is 0. The van der Waals surface area contributed by atoms with Crippen LogP contribution in [-0.4, -0.2) is 41.1 Å². The Morgan fingerprint density at radius 1 is 1.00 bits per heavy atom. The summed E-state index contributed by atoms with van der Waals surface area (Å²) >= 11 is 12.4. The molecule has 1 saturated heterocycles. The highest BCUT2D eigenvalue weighted by atomic mass is 35.5. The molecule has 0 aromatic heterocycles. The van der Waals surface area contributed by atoms with Gasteiger partial charge in [-0.1, -0.05) is 6.07 Å². The first kappa shape index (κ1) is 23.2. The molecule has 1 aliphatic carbocycles. The van der Waals surface area contributed by atoms with E-state index < -0.39 is 46.9 Å². The van der Waals surface area contributed by atoms with Crippen molar-refractivity contribution in [2.45, 2.75) is 23.6 Å². The number of benzene rings is 2. The molecule has 4 atom stereocenters. The van der Waals surface area contributed by atoms with Crippen molar-refractivity contribution < 1.29 is 28.3 Å². The number of nitrogens with one attached hydrogen (secondary N) is 1. The number of imide groups is 1. The Bertz CT molecular complexity index is 1080. The number of amides is 3. The molecule has 1 heterocycles. The third kappa shape index (κ3) is 4.86. The lowest BCUT2D eigenvalue weighted by Crippen LogP contribution is -2.34. The SMILES string of the molecule is O=C(COC(=O)c1cccc(N2C(=O)[C@H]3C[C@@H](Cl)[C@@H](Cl)C[C@H]3C2=O)c1)Nc1ccc(F)cc1. The van der Waals surface area contributed by atoms with Crippen LogP contribution in [-0.2, 0) is 19.1 Å². The molecule has 0 radical (unpaired) electrons. The molecule has 3 amide bonds.